The largest absolute Gasteiger partial charge is 0.491 e. The number of anilines is 1. The van der Waals surface area contributed by atoms with Crippen molar-refractivity contribution in [3.8, 4) is 5.75 Å². The molecule has 2 aromatic rings. The fraction of sp³-hybridized carbons (Fsp3) is 0.235. The number of carbonyl (C=O) groups is 1. The summed E-state index contributed by atoms with van der Waals surface area (Å²) in [4.78, 5) is 12.1. The molecule has 0 aliphatic carbocycles. The zero-order valence-corrected chi connectivity index (χ0v) is 13.9. The minimum atomic E-state index is -0.154. The van der Waals surface area contributed by atoms with Crippen LogP contribution in [-0.2, 0) is 4.74 Å². The summed E-state index contributed by atoms with van der Waals surface area (Å²) in [6.45, 7) is 3.68. The van der Waals surface area contributed by atoms with Crippen molar-refractivity contribution in [1.29, 1.82) is 0 Å². The van der Waals surface area contributed by atoms with Gasteiger partial charge in [0.1, 0.15) is 12.4 Å². The maximum Gasteiger partial charge on any atom is 0.255 e. The van der Waals surface area contributed by atoms with E-state index >= 15 is 0 Å². The van der Waals surface area contributed by atoms with Crippen LogP contribution in [0.5, 0.6) is 5.75 Å². The fourth-order valence-corrected chi connectivity index (χ4v) is 2.23. The van der Waals surface area contributed by atoms with E-state index in [0.717, 1.165) is 15.9 Å². The third-order valence-corrected chi connectivity index (χ3v) is 3.39. The highest BCUT2D eigenvalue weighted by molar-refractivity contribution is 9.10. The highest BCUT2D eigenvalue weighted by Gasteiger charge is 2.06. The van der Waals surface area contributed by atoms with Crippen LogP contribution in [0.1, 0.15) is 17.3 Å². The average molecular weight is 364 g/mol. The molecule has 0 unspecified atom stereocenters. The number of hydrogen-bond acceptors (Lipinski definition) is 3. The number of halogens is 1. The quantitative estimate of drug-likeness (QED) is 0.752. The summed E-state index contributed by atoms with van der Waals surface area (Å²) in [7, 11) is 0. The second-order valence-electron chi connectivity index (χ2n) is 4.53. The number of amides is 1. The van der Waals surface area contributed by atoms with Crippen molar-refractivity contribution >= 4 is 27.5 Å². The molecule has 2 aromatic carbocycles. The fourth-order valence-electron chi connectivity index (χ4n) is 1.83. The van der Waals surface area contributed by atoms with Gasteiger partial charge in [0.15, 0.2) is 0 Å². The van der Waals surface area contributed by atoms with Gasteiger partial charge in [-0.3, -0.25) is 4.79 Å². The normalized spacial score (nSPS) is 10.3. The second kappa shape index (κ2) is 8.56. The van der Waals surface area contributed by atoms with Crippen LogP contribution in [0.3, 0.4) is 0 Å². The van der Waals surface area contributed by atoms with Crippen LogP contribution in [0.2, 0.25) is 0 Å². The molecular weight excluding hydrogens is 346 g/mol. The first kappa shape index (κ1) is 16.5. The summed E-state index contributed by atoms with van der Waals surface area (Å²) in [5.41, 5.74) is 1.33. The van der Waals surface area contributed by atoms with Gasteiger partial charge < -0.3 is 14.8 Å². The molecule has 0 spiro atoms. The Labute approximate surface area is 138 Å². The Kier molecular flexibility index (Phi) is 6.43. The van der Waals surface area contributed by atoms with E-state index in [4.69, 9.17) is 9.47 Å². The molecule has 0 heterocycles. The van der Waals surface area contributed by atoms with Crippen molar-refractivity contribution in [2.45, 2.75) is 6.92 Å². The van der Waals surface area contributed by atoms with E-state index in [0.29, 0.717) is 25.4 Å². The average Bonchev–Trinajstić information content (AvgIpc) is 2.52. The zero-order chi connectivity index (χ0) is 15.8. The van der Waals surface area contributed by atoms with Crippen LogP contribution in [-0.4, -0.2) is 25.7 Å². The summed E-state index contributed by atoms with van der Waals surface area (Å²) in [5.74, 6) is 0.567. The Balaban J connectivity index is 1.90. The molecule has 0 bridgehead atoms. The zero-order valence-electron chi connectivity index (χ0n) is 12.3. The van der Waals surface area contributed by atoms with E-state index in [2.05, 4.69) is 21.2 Å². The van der Waals surface area contributed by atoms with Gasteiger partial charge in [-0.15, -0.1) is 0 Å². The number of benzene rings is 2. The Morgan fingerprint density at radius 2 is 1.91 bits per heavy atom. The lowest BCUT2D eigenvalue weighted by atomic mass is 10.2. The van der Waals surface area contributed by atoms with Gasteiger partial charge in [0.2, 0.25) is 0 Å². The van der Waals surface area contributed by atoms with Crippen molar-refractivity contribution in [3.63, 3.8) is 0 Å². The van der Waals surface area contributed by atoms with Crippen LogP contribution in [0.4, 0.5) is 5.69 Å². The van der Waals surface area contributed by atoms with E-state index in [-0.39, 0.29) is 5.91 Å². The number of ether oxygens (including phenoxy) is 2. The predicted molar refractivity (Wildman–Crippen MR) is 90.5 cm³/mol. The lowest BCUT2D eigenvalue weighted by Crippen LogP contribution is -2.12. The highest BCUT2D eigenvalue weighted by atomic mass is 79.9. The molecule has 0 aliphatic rings. The van der Waals surface area contributed by atoms with Gasteiger partial charge in [-0.05, 0) is 49.4 Å². The second-order valence-corrected chi connectivity index (χ2v) is 5.45. The molecule has 0 fully saturated rings. The molecule has 0 saturated heterocycles. The molecule has 2 rings (SSSR count). The Morgan fingerprint density at radius 1 is 1.14 bits per heavy atom. The first-order valence-corrected chi connectivity index (χ1v) is 7.86. The Bertz CT molecular complexity index is 614. The minimum absolute atomic E-state index is 0.154. The molecule has 22 heavy (non-hydrogen) atoms. The maximum absolute atomic E-state index is 12.1. The van der Waals surface area contributed by atoms with Gasteiger partial charge in [0, 0.05) is 22.3 Å². The molecule has 0 aromatic heterocycles. The lowest BCUT2D eigenvalue weighted by molar-refractivity contribution is 0.102. The lowest BCUT2D eigenvalue weighted by Gasteiger charge is -2.08. The number of hydrogen-bond donors (Lipinski definition) is 1. The summed E-state index contributed by atoms with van der Waals surface area (Å²) in [6, 6.07) is 14.5. The van der Waals surface area contributed by atoms with Gasteiger partial charge >= 0.3 is 0 Å². The number of rotatable bonds is 7. The van der Waals surface area contributed by atoms with E-state index in [1.165, 1.54) is 0 Å². The van der Waals surface area contributed by atoms with Crippen molar-refractivity contribution in [1.82, 2.24) is 0 Å². The predicted octanol–water partition coefficient (Wildman–Crippen LogP) is 4.12. The molecule has 4 nitrogen and oxygen atoms in total. The molecule has 0 aliphatic heterocycles. The molecule has 0 atom stereocenters. The van der Waals surface area contributed by atoms with Crippen LogP contribution < -0.4 is 10.1 Å². The third kappa shape index (κ3) is 5.16. The first-order valence-electron chi connectivity index (χ1n) is 7.06. The van der Waals surface area contributed by atoms with E-state index in [1.807, 2.05) is 31.2 Å². The van der Waals surface area contributed by atoms with Crippen LogP contribution in [0.25, 0.3) is 0 Å². The summed E-state index contributed by atoms with van der Waals surface area (Å²) in [5, 5.41) is 2.85. The topological polar surface area (TPSA) is 47.6 Å². The van der Waals surface area contributed by atoms with Crippen molar-refractivity contribution in [2.24, 2.45) is 0 Å². The van der Waals surface area contributed by atoms with E-state index in [9.17, 15) is 4.79 Å². The number of nitrogens with one attached hydrogen (secondary N) is 1. The summed E-state index contributed by atoms with van der Waals surface area (Å²) in [6.07, 6.45) is 0. The van der Waals surface area contributed by atoms with Crippen LogP contribution >= 0.6 is 15.9 Å². The van der Waals surface area contributed by atoms with E-state index in [1.54, 1.807) is 24.3 Å². The molecular formula is C17H18BrNO3. The molecule has 1 N–H and O–H groups in total. The van der Waals surface area contributed by atoms with Gasteiger partial charge in [0.05, 0.1) is 6.61 Å². The minimum Gasteiger partial charge on any atom is -0.491 e. The van der Waals surface area contributed by atoms with E-state index < -0.39 is 0 Å². The van der Waals surface area contributed by atoms with Crippen molar-refractivity contribution < 1.29 is 14.3 Å². The number of carbonyl (C=O) groups excluding carboxylic acids is 1. The summed E-state index contributed by atoms with van der Waals surface area (Å²) >= 11 is 3.37. The van der Waals surface area contributed by atoms with Crippen molar-refractivity contribution in [2.75, 3.05) is 25.1 Å². The van der Waals surface area contributed by atoms with Gasteiger partial charge in [-0.2, -0.15) is 0 Å². The smallest absolute Gasteiger partial charge is 0.255 e. The molecule has 0 radical (unpaired) electrons. The first-order chi connectivity index (χ1) is 10.7. The third-order valence-electron chi connectivity index (χ3n) is 2.90. The van der Waals surface area contributed by atoms with Gasteiger partial charge in [-0.1, -0.05) is 22.0 Å². The standard InChI is InChI=1S/C17H18BrNO3/c1-2-21-10-11-22-16-8-6-13(7-9-16)17(20)19-15-5-3-4-14(18)12-15/h3-9,12H,2,10-11H2,1H3,(H,19,20). The Morgan fingerprint density at radius 3 is 2.59 bits per heavy atom. The maximum atomic E-state index is 12.1. The molecule has 116 valence electrons. The van der Waals surface area contributed by atoms with Gasteiger partial charge in [0.25, 0.3) is 5.91 Å². The van der Waals surface area contributed by atoms with Gasteiger partial charge in [-0.25, -0.2) is 0 Å². The highest BCUT2D eigenvalue weighted by Crippen LogP contribution is 2.17. The SMILES string of the molecule is CCOCCOc1ccc(C(=O)Nc2cccc(Br)c2)cc1. The summed E-state index contributed by atoms with van der Waals surface area (Å²) < 4.78 is 11.6. The monoisotopic (exact) mass is 363 g/mol. The van der Waals surface area contributed by atoms with Crippen molar-refractivity contribution in [3.05, 3.63) is 58.6 Å². The van der Waals surface area contributed by atoms with Crippen LogP contribution in [0, 0.1) is 0 Å². The molecule has 5 heteroatoms. The van der Waals surface area contributed by atoms with Crippen LogP contribution in [0.15, 0.2) is 53.0 Å². The molecule has 1 amide bonds. The molecule has 0 saturated carbocycles. The Hall–Kier alpha value is -1.85.